The third-order valence-corrected chi connectivity index (χ3v) is 11.2. The predicted octanol–water partition coefficient (Wildman–Crippen LogP) is 4.71. The molecule has 10 rings (SSSR count). The van der Waals surface area contributed by atoms with E-state index in [4.69, 9.17) is 10.8 Å². The van der Waals surface area contributed by atoms with Crippen molar-refractivity contribution in [3.63, 3.8) is 0 Å². The van der Waals surface area contributed by atoms with E-state index < -0.39 is 47.4 Å². The van der Waals surface area contributed by atoms with Gasteiger partial charge in [0.15, 0.2) is 11.6 Å². The van der Waals surface area contributed by atoms with Gasteiger partial charge < -0.3 is 16.2 Å². The van der Waals surface area contributed by atoms with Crippen LogP contribution >= 0.6 is 0 Å². The van der Waals surface area contributed by atoms with Crippen molar-refractivity contribution in [3.8, 4) is 0 Å². The summed E-state index contributed by atoms with van der Waals surface area (Å²) in [6.45, 7) is 0. The van der Waals surface area contributed by atoms with E-state index in [1.165, 1.54) is 6.07 Å². The Morgan fingerprint density at radius 2 is 1.30 bits per heavy atom. The summed E-state index contributed by atoms with van der Waals surface area (Å²) >= 11 is 0. The highest BCUT2D eigenvalue weighted by atomic mass is 19.1. The SMILES string of the molecule is N[C@H]1C(=O)Cc2c(F)cc(F)nc2[C@H]2C[C@H]21.O=C(N[C@H]1C(=O)Cc2c(F)cc(F)cc2[C@H]2C[C@H]21)c1n[nH]c(Cc2ccccc2)n1.O=C(O)c1n[nH]c(Cc2ccccc2)n1. The van der Waals surface area contributed by atoms with Gasteiger partial charge in [0.1, 0.15) is 29.1 Å². The topological polar surface area (TPSA) is 223 Å². The van der Waals surface area contributed by atoms with Crippen LogP contribution in [0, 0.1) is 35.2 Å². The summed E-state index contributed by atoms with van der Waals surface area (Å²) in [6.07, 6.45) is 2.11. The van der Waals surface area contributed by atoms with Crippen molar-refractivity contribution in [1.82, 2.24) is 40.7 Å². The molecule has 0 spiro atoms. The molecule has 0 saturated heterocycles. The number of nitrogens with one attached hydrogen (secondary N) is 3. The van der Waals surface area contributed by atoms with Crippen LogP contribution in [0.1, 0.15) is 91.1 Å². The number of carbonyl (C=O) groups excluding carboxylic acids is 3. The first-order valence-electron chi connectivity index (χ1n) is 19.4. The van der Waals surface area contributed by atoms with E-state index in [1.807, 2.05) is 60.7 Å². The Hall–Kier alpha value is -6.95. The van der Waals surface area contributed by atoms with Gasteiger partial charge in [-0.25, -0.2) is 32.9 Å². The molecule has 6 aromatic rings. The monoisotopic (exact) mass is 835 g/mol. The zero-order valence-corrected chi connectivity index (χ0v) is 32.1. The number of hydrogen-bond donors (Lipinski definition) is 5. The number of aromatic amines is 2. The minimum absolute atomic E-state index is 0.0162. The van der Waals surface area contributed by atoms with Crippen LogP contribution in [-0.4, -0.2) is 76.0 Å². The Morgan fingerprint density at radius 3 is 1.92 bits per heavy atom. The minimum atomic E-state index is -1.12. The van der Waals surface area contributed by atoms with Crippen molar-refractivity contribution in [1.29, 1.82) is 0 Å². The Bertz CT molecular complexity index is 2640. The van der Waals surface area contributed by atoms with E-state index in [-0.39, 0.29) is 70.9 Å². The molecule has 4 aliphatic rings. The molecular formula is C43H37F4N9O5. The lowest BCUT2D eigenvalue weighted by atomic mass is 9.99. The van der Waals surface area contributed by atoms with Gasteiger partial charge in [-0.3, -0.25) is 24.6 Å². The summed E-state index contributed by atoms with van der Waals surface area (Å²) in [5.41, 5.74) is 9.20. The lowest BCUT2D eigenvalue weighted by molar-refractivity contribution is -0.121. The molecule has 1 amide bonds. The molecular weight excluding hydrogens is 799 g/mol. The van der Waals surface area contributed by atoms with Crippen molar-refractivity contribution in [3.05, 3.63) is 159 Å². The molecule has 14 nitrogen and oxygen atoms in total. The number of amides is 1. The first-order valence-corrected chi connectivity index (χ1v) is 19.4. The van der Waals surface area contributed by atoms with Crippen LogP contribution in [0.2, 0.25) is 0 Å². The molecule has 18 heteroatoms. The molecule has 2 saturated carbocycles. The Morgan fingerprint density at radius 1 is 0.721 bits per heavy atom. The molecule has 0 radical (unpaired) electrons. The van der Waals surface area contributed by atoms with Crippen molar-refractivity contribution >= 4 is 23.4 Å². The van der Waals surface area contributed by atoms with Crippen LogP contribution in [0.3, 0.4) is 0 Å². The van der Waals surface area contributed by atoms with Gasteiger partial charge in [-0.15, -0.1) is 10.2 Å². The number of ketones is 2. The van der Waals surface area contributed by atoms with Gasteiger partial charge in [-0.2, -0.15) is 4.39 Å². The maximum Gasteiger partial charge on any atom is 0.375 e. The number of nitrogens with zero attached hydrogens (tertiary/aromatic N) is 5. The third kappa shape index (κ3) is 9.13. The molecule has 0 unspecified atom stereocenters. The summed E-state index contributed by atoms with van der Waals surface area (Å²) < 4.78 is 54.4. The number of rotatable bonds is 7. The minimum Gasteiger partial charge on any atom is -0.475 e. The molecule has 312 valence electrons. The van der Waals surface area contributed by atoms with E-state index in [1.54, 1.807) is 0 Å². The second-order valence-corrected chi connectivity index (χ2v) is 15.4. The molecule has 61 heavy (non-hydrogen) atoms. The number of halogens is 4. The number of aromatic carboxylic acids is 1. The van der Waals surface area contributed by atoms with Gasteiger partial charge in [0.25, 0.3) is 11.7 Å². The Kier molecular flexibility index (Phi) is 11.3. The number of benzene rings is 3. The molecule has 0 aliphatic heterocycles. The summed E-state index contributed by atoms with van der Waals surface area (Å²) in [4.78, 5) is 59.3. The standard InChI is InChI=1S/C22H18F2N4O2.C11H10F2N2O.C10H9N3O2/c23-12-7-13-14-9-16(14)20(18(29)10-15(13)17(24)8-12)26-22(30)21-25-19(27-28-21)6-11-4-2-1-3-5-11;12-7-3-9(13)15-11-5-1-4(5)10(14)8(16)2-6(7)11;14-10(15)9-11-8(12-13-9)6-7-4-2-1-3-5-7/h1-5,7-8,14,16,20H,6,9-10H2,(H,26,30)(H,25,27,28);3-5,10H,1-2,14H2;1-5H,6H2,(H,14,15)(H,11,12,13)/t14-,16-,20-;4-,5+,10-;/m11./s1. The number of fused-ring (bicyclic) bond motifs is 6. The molecule has 3 aromatic carbocycles. The Balaban J connectivity index is 0.000000139. The van der Waals surface area contributed by atoms with E-state index in [2.05, 4.69) is 40.7 Å². The van der Waals surface area contributed by atoms with E-state index in [9.17, 15) is 36.7 Å². The first-order chi connectivity index (χ1) is 29.3. The van der Waals surface area contributed by atoms with Gasteiger partial charge in [0.2, 0.25) is 11.8 Å². The number of pyridine rings is 1. The van der Waals surface area contributed by atoms with Crippen molar-refractivity contribution < 1.29 is 41.8 Å². The molecule has 3 heterocycles. The number of carboxylic acid groups (broad SMARTS) is 1. The summed E-state index contributed by atoms with van der Waals surface area (Å²) in [6, 6.07) is 20.8. The fourth-order valence-electron chi connectivity index (χ4n) is 7.99. The van der Waals surface area contributed by atoms with Gasteiger partial charge in [0, 0.05) is 49.3 Å². The zero-order chi connectivity index (χ0) is 42.9. The molecule has 2 fully saturated rings. The largest absolute Gasteiger partial charge is 0.475 e. The lowest BCUT2D eigenvalue weighted by Crippen LogP contribution is -2.43. The van der Waals surface area contributed by atoms with Gasteiger partial charge in [-0.1, -0.05) is 60.7 Å². The van der Waals surface area contributed by atoms with Crippen molar-refractivity contribution in [2.24, 2.45) is 17.6 Å². The molecule has 6 atom stereocenters. The number of nitrogens with two attached hydrogens (primary N) is 1. The number of carbonyl (C=O) groups is 4. The number of carboxylic acids is 1. The number of H-pyrrole nitrogens is 2. The smallest absolute Gasteiger partial charge is 0.375 e. The van der Waals surface area contributed by atoms with E-state index in [0.717, 1.165) is 23.3 Å². The quantitative estimate of drug-likeness (QED) is 0.109. The van der Waals surface area contributed by atoms with E-state index >= 15 is 0 Å². The molecule has 6 N–H and O–H groups in total. The van der Waals surface area contributed by atoms with Crippen LogP contribution < -0.4 is 11.1 Å². The van der Waals surface area contributed by atoms with Gasteiger partial charge in [0.05, 0.1) is 17.8 Å². The van der Waals surface area contributed by atoms with Crippen LogP contribution in [0.15, 0.2) is 78.9 Å². The highest BCUT2D eigenvalue weighted by molar-refractivity contribution is 5.97. The van der Waals surface area contributed by atoms with Gasteiger partial charge >= 0.3 is 5.97 Å². The first kappa shape index (κ1) is 40.8. The Labute approximate surface area is 344 Å². The number of Topliss-reactive ketones (excluding diaryl/α,β-unsaturated/α-hetero) is 2. The maximum atomic E-state index is 14.2. The van der Waals surface area contributed by atoms with Crippen molar-refractivity contribution in [2.45, 2.75) is 62.4 Å². The lowest BCUT2D eigenvalue weighted by Gasteiger charge is -2.15. The van der Waals surface area contributed by atoms with E-state index in [0.29, 0.717) is 48.6 Å². The summed E-state index contributed by atoms with van der Waals surface area (Å²) in [5, 5.41) is 24.2. The van der Waals surface area contributed by atoms with Crippen LogP contribution in [0.5, 0.6) is 0 Å². The molecule has 0 bridgehead atoms. The number of hydrogen-bond acceptors (Lipinski definition) is 10. The maximum absolute atomic E-state index is 14.2. The normalized spacial score (nSPS) is 21.7. The van der Waals surface area contributed by atoms with Crippen molar-refractivity contribution in [2.75, 3.05) is 0 Å². The highest BCUT2D eigenvalue weighted by Gasteiger charge is 2.51. The average Bonchev–Trinajstić information content (AvgIpc) is 4.12. The average molecular weight is 836 g/mol. The molecule has 3 aromatic heterocycles. The molecule has 4 aliphatic carbocycles. The van der Waals surface area contributed by atoms with Crippen LogP contribution in [0.25, 0.3) is 0 Å². The second kappa shape index (κ2) is 17.0. The summed E-state index contributed by atoms with van der Waals surface area (Å²) in [5.74, 6) is -4.53. The van der Waals surface area contributed by atoms with Gasteiger partial charge in [-0.05, 0) is 58.9 Å². The summed E-state index contributed by atoms with van der Waals surface area (Å²) in [7, 11) is 0. The van der Waals surface area contributed by atoms with Crippen LogP contribution in [0.4, 0.5) is 17.6 Å². The van der Waals surface area contributed by atoms with Crippen LogP contribution in [-0.2, 0) is 35.3 Å². The third-order valence-electron chi connectivity index (χ3n) is 11.2. The zero-order valence-electron chi connectivity index (χ0n) is 32.1. The second-order valence-electron chi connectivity index (χ2n) is 15.4. The highest BCUT2D eigenvalue weighted by Crippen LogP contribution is 2.53. The predicted molar refractivity (Wildman–Crippen MR) is 207 cm³/mol. The fourth-order valence-corrected chi connectivity index (χ4v) is 7.99. The number of aromatic nitrogens is 7. The fraction of sp³-hybridized carbons (Fsp3) is 0.279.